The third-order valence-electron chi connectivity index (χ3n) is 4.94. The van der Waals surface area contributed by atoms with E-state index in [4.69, 9.17) is 9.47 Å². The van der Waals surface area contributed by atoms with Gasteiger partial charge in [0.15, 0.2) is 11.5 Å². The molecule has 0 fully saturated rings. The lowest BCUT2D eigenvalue weighted by Gasteiger charge is -2.27. The summed E-state index contributed by atoms with van der Waals surface area (Å²) in [6, 6.07) is 12.9. The lowest BCUT2D eigenvalue weighted by molar-refractivity contribution is -0.134. The van der Waals surface area contributed by atoms with Crippen LogP contribution in [0.25, 0.3) is 0 Å². The SMILES string of the molecule is O=C(NNC(=O)[C@@H]1Cc2cc3c(cc2SN1)OCCO3)[C@H](O)CCc1ccccc1. The third-order valence-corrected chi connectivity index (χ3v) is 5.94. The Bertz CT molecular complexity index is 924. The van der Waals surface area contributed by atoms with Gasteiger partial charge in [-0.25, -0.2) is 4.72 Å². The molecule has 0 aromatic heterocycles. The molecule has 0 saturated carbocycles. The Morgan fingerprint density at radius 2 is 1.87 bits per heavy atom. The second kappa shape index (κ2) is 9.38. The van der Waals surface area contributed by atoms with Crippen molar-refractivity contribution in [2.45, 2.75) is 36.3 Å². The van der Waals surface area contributed by atoms with Crippen molar-refractivity contribution in [3.8, 4) is 11.5 Å². The van der Waals surface area contributed by atoms with Crippen molar-refractivity contribution in [3.05, 3.63) is 53.6 Å². The highest BCUT2D eigenvalue weighted by Crippen LogP contribution is 2.38. The van der Waals surface area contributed by atoms with Crippen LogP contribution in [0.4, 0.5) is 0 Å². The molecule has 0 bridgehead atoms. The number of aryl methyl sites for hydroxylation is 1. The van der Waals surface area contributed by atoms with Gasteiger partial charge in [0.25, 0.3) is 11.8 Å². The van der Waals surface area contributed by atoms with Crippen LogP contribution in [0.15, 0.2) is 47.4 Å². The van der Waals surface area contributed by atoms with Crippen LogP contribution in [0.5, 0.6) is 11.5 Å². The average molecular weight is 429 g/mol. The molecule has 158 valence electrons. The number of rotatable bonds is 5. The van der Waals surface area contributed by atoms with Crippen molar-refractivity contribution >= 4 is 23.8 Å². The minimum atomic E-state index is -1.21. The Hall–Kier alpha value is -2.75. The molecule has 2 aromatic rings. The van der Waals surface area contributed by atoms with Gasteiger partial charge in [0.05, 0.1) is 0 Å². The Balaban J connectivity index is 1.26. The number of ether oxygens (including phenoxy) is 2. The van der Waals surface area contributed by atoms with Crippen molar-refractivity contribution in [3.63, 3.8) is 0 Å². The minimum absolute atomic E-state index is 0.268. The number of aliphatic hydroxyl groups excluding tert-OH is 1. The van der Waals surface area contributed by atoms with Crippen LogP contribution in [0.3, 0.4) is 0 Å². The summed E-state index contributed by atoms with van der Waals surface area (Å²) in [7, 11) is 0. The van der Waals surface area contributed by atoms with Gasteiger partial charge < -0.3 is 14.6 Å². The summed E-state index contributed by atoms with van der Waals surface area (Å²) < 4.78 is 14.3. The average Bonchev–Trinajstić information content (AvgIpc) is 2.79. The van der Waals surface area contributed by atoms with Crippen LogP contribution in [0.1, 0.15) is 17.5 Å². The quantitative estimate of drug-likeness (QED) is 0.417. The van der Waals surface area contributed by atoms with Crippen molar-refractivity contribution in [1.82, 2.24) is 15.6 Å². The third kappa shape index (κ3) is 4.86. The monoisotopic (exact) mass is 429 g/mol. The lowest BCUT2D eigenvalue weighted by Crippen LogP contribution is -2.53. The summed E-state index contributed by atoms with van der Waals surface area (Å²) in [4.78, 5) is 25.5. The van der Waals surface area contributed by atoms with Gasteiger partial charge in [0.2, 0.25) is 0 Å². The largest absolute Gasteiger partial charge is 0.486 e. The first-order chi connectivity index (χ1) is 14.6. The van der Waals surface area contributed by atoms with E-state index in [1.54, 1.807) is 0 Å². The van der Waals surface area contributed by atoms with Gasteiger partial charge in [-0.15, -0.1) is 0 Å². The molecule has 2 atom stereocenters. The predicted octanol–water partition coefficient (Wildman–Crippen LogP) is 1.12. The van der Waals surface area contributed by atoms with Crippen molar-refractivity contribution in [2.24, 2.45) is 0 Å². The number of aliphatic hydroxyl groups is 1. The number of hydrogen-bond donors (Lipinski definition) is 4. The molecular formula is C21H23N3O5S. The zero-order chi connectivity index (χ0) is 20.9. The zero-order valence-electron chi connectivity index (χ0n) is 16.2. The molecule has 2 heterocycles. The normalized spacial score (nSPS) is 18.1. The molecule has 9 heteroatoms. The Morgan fingerprint density at radius 1 is 1.13 bits per heavy atom. The molecule has 2 amide bonds. The number of carbonyl (C=O) groups excluding carboxylic acids is 2. The van der Waals surface area contributed by atoms with Crippen LogP contribution in [-0.2, 0) is 22.4 Å². The van der Waals surface area contributed by atoms with Gasteiger partial charge in [-0.2, -0.15) is 0 Å². The van der Waals surface area contributed by atoms with Gasteiger partial charge in [0, 0.05) is 4.90 Å². The maximum Gasteiger partial charge on any atom is 0.267 e. The summed E-state index contributed by atoms with van der Waals surface area (Å²) in [5.74, 6) is 0.361. The maximum absolute atomic E-state index is 12.5. The summed E-state index contributed by atoms with van der Waals surface area (Å²) in [6.45, 7) is 1.02. The van der Waals surface area contributed by atoms with Gasteiger partial charge in [-0.1, -0.05) is 30.3 Å². The smallest absolute Gasteiger partial charge is 0.267 e. The van der Waals surface area contributed by atoms with Gasteiger partial charge in [-0.05, 0) is 54.5 Å². The Labute approximate surface area is 178 Å². The molecule has 2 aromatic carbocycles. The van der Waals surface area contributed by atoms with Crippen molar-refractivity contribution in [2.75, 3.05) is 13.2 Å². The van der Waals surface area contributed by atoms with Crippen LogP contribution >= 0.6 is 11.9 Å². The van der Waals surface area contributed by atoms with Crippen molar-refractivity contribution in [1.29, 1.82) is 0 Å². The minimum Gasteiger partial charge on any atom is -0.486 e. The number of hydrogen-bond acceptors (Lipinski definition) is 7. The van der Waals surface area contributed by atoms with Crippen molar-refractivity contribution < 1.29 is 24.2 Å². The Morgan fingerprint density at radius 3 is 2.63 bits per heavy atom. The first-order valence-corrected chi connectivity index (χ1v) is 10.6. The van der Waals surface area contributed by atoms with Crippen LogP contribution < -0.4 is 25.0 Å². The molecule has 0 unspecified atom stereocenters. The van der Waals surface area contributed by atoms with E-state index in [9.17, 15) is 14.7 Å². The highest BCUT2D eigenvalue weighted by Gasteiger charge is 2.28. The maximum atomic E-state index is 12.5. The Kier molecular flexibility index (Phi) is 6.41. The fourth-order valence-corrected chi connectivity index (χ4v) is 4.18. The first kappa shape index (κ1) is 20.5. The molecule has 0 radical (unpaired) electrons. The van der Waals surface area contributed by atoms with E-state index in [1.807, 2.05) is 42.5 Å². The van der Waals surface area contributed by atoms with Gasteiger partial charge in [-0.3, -0.25) is 20.4 Å². The molecule has 0 spiro atoms. The fourth-order valence-electron chi connectivity index (χ4n) is 3.28. The highest BCUT2D eigenvalue weighted by atomic mass is 32.2. The predicted molar refractivity (Wildman–Crippen MR) is 111 cm³/mol. The lowest BCUT2D eigenvalue weighted by atomic mass is 10.0. The van der Waals surface area contributed by atoms with Gasteiger partial charge in [0.1, 0.15) is 25.4 Å². The number of nitrogens with one attached hydrogen (secondary N) is 3. The molecule has 2 aliphatic heterocycles. The molecule has 0 aliphatic carbocycles. The van der Waals surface area contributed by atoms with Crippen LogP contribution in [0.2, 0.25) is 0 Å². The van der Waals surface area contributed by atoms with E-state index in [0.717, 1.165) is 16.0 Å². The highest BCUT2D eigenvalue weighted by molar-refractivity contribution is 7.97. The van der Waals surface area contributed by atoms with E-state index in [-0.39, 0.29) is 12.3 Å². The molecule has 30 heavy (non-hydrogen) atoms. The van der Waals surface area contributed by atoms with E-state index in [0.29, 0.717) is 37.6 Å². The summed E-state index contributed by atoms with van der Waals surface area (Å²) in [5.41, 5.74) is 6.71. The number of carbonyl (C=O) groups is 2. The van der Waals surface area contributed by atoms with E-state index < -0.39 is 18.1 Å². The van der Waals surface area contributed by atoms with E-state index in [1.165, 1.54) is 11.9 Å². The molecule has 8 nitrogen and oxygen atoms in total. The first-order valence-electron chi connectivity index (χ1n) is 9.77. The van der Waals surface area contributed by atoms with Crippen LogP contribution in [0, 0.1) is 0 Å². The number of amides is 2. The molecule has 4 rings (SSSR count). The van der Waals surface area contributed by atoms with Gasteiger partial charge >= 0.3 is 0 Å². The molecule has 2 aliphatic rings. The summed E-state index contributed by atoms with van der Waals surface area (Å²) in [6.07, 6.45) is 0.0709. The van der Waals surface area contributed by atoms with E-state index in [2.05, 4.69) is 15.6 Å². The van der Waals surface area contributed by atoms with E-state index >= 15 is 0 Å². The second-order valence-electron chi connectivity index (χ2n) is 7.10. The summed E-state index contributed by atoms with van der Waals surface area (Å²) >= 11 is 1.34. The molecular weight excluding hydrogens is 406 g/mol. The molecule has 0 saturated heterocycles. The number of benzene rings is 2. The second-order valence-corrected chi connectivity index (χ2v) is 7.98. The standard InChI is InChI=1S/C21H23N3O5S/c25-16(7-6-13-4-2-1-3-5-13)21(27)23-22-20(26)15-10-14-11-17-18(29-9-8-28-17)12-19(14)30-24-15/h1-5,11-12,15-16,24-25H,6-10H2,(H,22,26)(H,23,27)/t15-,16+/m0/s1. The van der Waals surface area contributed by atoms with Crippen LogP contribution in [-0.4, -0.2) is 42.3 Å². The zero-order valence-corrected chi connectivity index (χ0v) is 17.0. The topological polar surface area (TPSA) is 109 Å². The fraction of sp³-hybridized carbons (Fsp3) is 0.333. The molecule has 4 N–H and O–H groups in total. The summed E-state index contributed by atoms with van der Waals surface area (Å²) in [5, 5.41) is 10.0. The number of hydrazine groups is 1. The number of fused-ring (bicyclic) bond motifs is 2.